The molecule has 0 aliphatic carbocycles. The van der Waals surface area contributed by atoms with Crippen LogP contribution in [0, 0.1) is 0 Å². The predicted octanol–water partition coefficient (Wildman–Crippen LogP) is 2.47. The lowest BCUT2D eigenvalue weighted by Gasteiger charge is -2.21. The molecule has 1 aromatic carbocycles. The molecule has 2 rings (SSSR count). The molecule has 1 aliphatic rings. The van der Waals surface area contributed by atoms with E-state index in [1.807, 2.05) is 29.2 Å². The number of halogens is 1. The summed E-state index contributed by atoms with van der Waals surface area (Å²) in [6, 6.07) is 7.97. The molecular weight excluding hydrogens is 236 g/mol. The van der Waals surface area contributed by atoms with E-state index in [0.717, 1.165) is 37.1 Å². The highest BCUT2D eigenvalue weighted by molar-refractivity contribution is 5.93. The van der Waals surface area contributed by atoms with Crippen LogP contribution < -0.4 is 10.6 Å². The Morgan fingerprint density at radius 1 is 1.24 bits per heavy atom. The summed E-state index contributed by atoms with van der Waals surface area (Å²) in [7, 11) is 0. The molecule has 0 bridgehead atoms. The number of nitrogens with zero attached hydrogens (tertiary/aromatic N) is 1. The second-order valence-corrected chi connectivity index (χ2v) is 4.23. The molecule has 0 spiro atoms. The monoisotopic (exact) mass is 254 g/mol. The number of anilines is 1. The van der Waals surface area contributed by atoms with E-state index in [1.165, 1.54) is 0 Å². The van der Waals surface area contributed by atoms with E-state index in [-0.39, 0.29) is 18.3 Å². The second kappa shape index (κ2) is 6.62. The summed E-state index contributed by atoms with van der Waals surface area (Å²) in [5.41, 5.74) is 7.68. The highest BCUT2D eigenvalue weighted by Crippen LogP contribution is 2.21. The molecule has 17 heavy (non-hydrogen) atoms. The van der Waals surface area contributed by atoms with Crippen molar-refractivity contribution in [3.63, 3.8) is 0 Å². The third-order valence-corrected chi connectivity index (χ3v) is 3.03. The normalized spacial score (nSPS) is 16.3. The van der Waals surface area contributed by atoms with Crippen molar-refractivity contribution in [3.8, 4) is 0 Å². The van der Waals surface area contributed by atoms with Gasteiger partial charge in [-0.05, 0) is 30.5 Å². The fourth-order valence-corrected chi connectivity index (χ4v) is 2.11. The molecule has 1 heterocycles. The number of amides is 1. The lowest BCUT2D eigenvalue weighted by molar-refractivity contribution is -0.118. The summed E-state index contributed by atoms with van der Waals surface area (Å²) >= 11 is 0. The van der Waals surface area contributed by atoms with E-state index in [0.29, 0.717) is 13.0 Å². The van der Waals surface area contributed by atoms with Crippen LogP contribution in [0.4, 0.5) is 5.69 Å². The van der Waals surface area contributed by atoms with Gasteiger partial charge in [0.25, 0.3) is 0 Å². The molecular formula is C13H19ClN2O. The number of carbonyl (C=O) groups is 1. The Hall–Kier alpha value is -1.06. The lowest BCUT2D eigenvalue weighted by Crippen LogP contribution is -2.30. The van der Waals surface area contributed by atoms with E-state index in [1.54, 1.807) is 0 Å². The maximum atomic E-state index is 11.9. The van der Waals surface area contributed by atoms with Crippen LogP contribution in [-0.2, 0) is 11.3 Å². The minimum absolute atomic E-state index is 0. The standard InChI is InChI=1S/C13H18N2O.ClH/c14-10-11-5-4-6-12(9-11)15-8-3-1-2-7-13(15)16;/h4-6,9H,1-3,7-8,10,14H2;1H. The van der Waals surface area contributed by atoms with Crippen molar-refractivity contribution < 1.29 is 4.79 Å². The van der Waals surface area contributed by atoms with Gasteiger partial charge in [-0.25, -0.2) is 0 Å². The first-order valence-electron chi connectivity index (χ1n) is 5.90. The molecule has 4 heteroatoms. The van der Waals surface area contributed by atoms with Crippen LogP contribution in [0.25, 0.3) is 0 Å². The van der Waals surface area contributed by atoms with Gasteiger partial charge in [0.2, 0.25) is 5.91 Å². The minimum atomic E-state index is 0. The molecule has 1 fully saturated rings. The lowest BCUT2D eigenvalue weighted by atomic mass is 10.2. The summed E-state index contributed by atoms with van der Waals surface area (Å²) < 4.78 is 0. The first-order valence-corrected chi connectivity index (χ1v) is 5.90. The van der Waals surface area contributed by atoms with Crippen molar-refractivity contribution in [3.05, 3.63) is 29.8 Å². The molecule has 3 nitrogen and oxygen atoms in total. The maximum Gasteiger partial charge on any atom is 0.226 e. The van der Waals surface area contributed by atoms with Crippen molar-refractivity contribution in [1.82, 2.24) is 0 Å². The Morgan fingerprint density at radius 3 is 2.82 bits per heavy atom. The van der Waals surface area contributed by atoms with Crippen LogP contribution in [0.2, 0.25) is 0 Å². The number of rotatable bonds is 2. The van der Waals surface area contributed by atoms with Crippen LogP contribution in [0.1, 0.15) is 31.2 Å². The zero-order chi connectivity index (χ0) is 11.4. The molecule has 1 saturated heterocycles. The van der Waals surface area contributed by atoms with Gasteiger partial charge >= 0.3 is 0 Å². The summed E-state index contributed by atoms with van der Waals surface area (Å²) in [4.78, 5) is 13.8. The van der Waals surface area contributed by atoms with Crippen molar-refractivity contribution >= 4 is 24.0 Å². The van der Waals surface area contributed by atoms with Crippen molar-refractivity contribution in [1.29, 1.82) is 0 Å². The van der Waals surface area contributed by atoms with Crippen molar-refractivity contribution in [2.24, 2.45) is 5.73 Å². The van der Waals surface area contributed by atoms with Gasteiger partial charge in [-0.15, -0.1) is 12.4 Å². The molecule has 0 unspecified atom stereocenters. The molecule has 2 N–H and O–H groups in total. The van der Waals surface area contributed by atoms with Gasteiger partial charge in [0.1, 0.15) is 0 Å². The highest BCUT2D eigenvalue weighted by atomic mass is 35.5. The third kappa shape index (κ3) is 3.45. The van der Waals surface area contributed by atoms with E-state index in [9.17, 15) is 4.79 Å². The first-order chi connectivity index (χ1) is 7.81. The molecule has 94 valence electrons. The fourth-order valence-electron chi connectivity index (χ4n) is 2.11. The van der Waals surface area contributed by atoms with Gasteiger partial charge in [-0.1, -0.05) is 18.6 Å². The van der Waals surface area contributed by atoms with E-state index in [2.05, 4.69) is 0 Å². The zero-order valence-electron chi connectivity index (χ0n) is 9.89. The average Bonchev–Trinajstić information content (AvgIpc) is 2.54. The summed E-state index contributed by atoms with van der Waals surface area (Å²) in [5.74, 6) is 0.242. The molecule has 1 aliphatic heterocycles. The van der Waals surface area contributed by atoms with Crippen molar-refractivity contribution in [2.75, 3.05) is 11.4 Å². The Kier molecular flexibility index (Phi) is 5.45. The SMILES string of the molecule is Cl.NCc1cccc(N2CCCCCC2=O)c1. The Bertz CT molecular complexity index is 381. The number of hydrogen-bond acceptors (Lipinski definition) is 2. The van der Waals surface area contributed by atoms with Gasteiger partial charge in [-0.3, -0.25) is 4.79 Å². The van der Waals surface area contributed by atoms with Gasteiger partial charge in [0.05, 0.1) is 0 Å². The number of nitrogens with two attached hydrogens (primary N) is 1. The number of hydrogen-bond donors (Lipinski definition) is 1. The Balaban J connectivity index is 0.00000144. The third-order valence-electron chi connectivity index (χ3n) is 3.03. The van der Waals surface area contributed by atoms with Gasteiger partial charge < -0.3 is 10.6 Å². The van der Waals surface area contributed by atoms with E-state index < -0.39 is 0 Å². The second-order valence-electron chi connectivity index (χ2n) is 4.23. The fraction of sp³-hybridized carbons (Fsp3) is 0.462. The molecule has 0 saturated carbocycles. The highest BCUT2D eigenvalue weighted by Gasteiger charge is 2.17. The zero-order valence-corrected chi connectivity index (χ0v) is 10.7. The minimum Gasteiger partial charge on any atom is -0.326 e. The van der Waals surface area contributed by atoms with Crippen molar-refractivity contribution in [2.45, 2.75) is 32.2 Å². The average molecular weight is 255 g/mol. The molecule has 1 aromatic rings. The topological polar surface area (TPSA) is 46.3 Å². The smallest absolute Gasteiger partial charge is 0.226 e. The van der Waals surface area contributed by atoms with E-state index in [4.69, 9.17) is 5.73 Å². The van der Waals surface area contributed by atoms with Crippen LogP contribution in [0.5, 0.6) is 0 Å². The largest absolute Gasteiger partial charge is 0.326 e. The summed E-state index contributed by atoms with van der Waals surface area (Å²) in [6.07, 6.45) is 3.94. The van der Waals surface area contributed by atoms with Crippen LogP contribution in [-0.4, -0.2) is 12.5 Å². The summed E-state index contributed by atoms with van der Waals surface area (Å²) in [5, 5.41) is 0. The number of carbonyl (C=O) groups excluding carboxylic acids is 1. The Morgan fingerprint density at radius 2 is 2.06 bits per heavy atom. The van der Waals surface area contributed by atoms with Crippen LogP contribution >= 0.6 is 12.4 Å². The first kappa shape index (κ1) is 14.0. The quantitative estimate of drug-likeness (QED) is 0.881. The predicted molar refractivity (Wildman–Crippen MR) is 72.4 cm³/mol. The van der Waals surface area contributed by atoms with E-state index >= 15 is 0 Å². The molecule has 0 radical (unpaired) electrons. The molecule has 0 atom stereocenters. The van der Waals surface area contributed by atoms with Gasteiger partial charge in [-0.2, -0.15) is 0 Å². The molecule has 0 aromatic heterocycles. The molecule has 1 amide bonds. The van der Waals surface area contributed by atoms with Crippen LogP contribution in [0.3, 0.4) is 0 Å². The van der Waals surface area contributed by atoms with Gasteiger partial charge in [0, 0.05) is 25.2 Å². The maximum absolute atomic E-state index is 11.9. The number of benzene rings is 1. The van der Waals surface area contributed by atoms with Gasteiger partial charge in [0.15, 0.2) is 0 Å². The van der Waals surface area contributed by atoms with Crippen LogP contribution in [0.15, 0.2) is 24.3 Å². The Labute approximate surface area is 108 Å². The summed E-state index contributed by atoms with van der Waals surface area (Å²) in [6.45, 7) is 1.36.